The van der Waals surface area contributed by atoms with Gasteiger partial charge in [0.15, 0.2) is 12.1 Å². The predicted octanol–water partition coefficient (Wildman–Crippen LogP) is 2.05. The third-order valence-electron chi connectivity index (χ3n) is 1.34. The molecular weight excluding hydrogens is 190 g/mol. The molecule has 0 N–H and O–H groups in total. The molecule has 0 unspecified atom stereocenters. The molecule has 0 fully saturated rings. The van der Waals surface area contributed by atoms with E-state index >= 15 is 0 Å². The lowest BCUT2D eigenvalue weighted by Crippen LogP contribution is -2.12. The summed E-state index contributed by atoms with van der Waals surface area (Å²) in [5.41, 5.74) is -2.37. The van der Waals surface area contributed by atoms with Crippen molar-refractivity contribution in [2.75, 3.05) is 0 Å². The van der Waals surface area contributed by atoms with Gasteiger partial charge in [0.25, 0.3) is 0 Å². The first-order valence-corrected chi connectivity index (χ1v) is 3.12. The Balaban J connectivity index is 3.40. The van der Waals surface area contributed by atoms with Crippen molar-refractivity contribution in [3.05, 3.63) is 29.3 Å². The summed E-state index contributed by atoms with van der Waals surface area (Å²) in [5, 5.41) is 0. The summed E-state index contributed by atoms with van der Waals surface area (Å²) >= 11 is 0. The van der Waals surface area contributed by atoms with Crippen molar-refractivity contribution in [2.45, 2.75) is 6.18 Å². The zero-order valence-electron chi connectivity index (χ0n) is 6.10. The molecule has 0 bridgehead atoms. The summed E-state index contributed by atoms with van der Waals surface area (Å²) < 4.78 is 48.8. The summed E-state index contributed by atoms with van der Waals surface area (Å²) in [6, 6.07) is 0. The molecule has 6 heteroatoms. The maximum absolute atomic E-state index is 12.6. The first kappa shape index (κ1) is 9.63. The molecule has 0 saturated heterocycles. The minimum atomic E-state index is -4.87. The van der Waals surface area contributed by atoms with Gasteiger partial charge >= 0.3 is 6.18 Å². The van der Waals surface area contributed by atoms with E-state index in [0.717, 1.165) is 0 Å². The Morgan fingerprint density at radius 1 is 1.31 bits per heavy atom. The van der Waals surface area contributed by atoms with Crippen molar-refractivity contribution in [2.24, 2.45) is 0 Å². The van der Waals surface area contributed by atoms with Crippen molar-refractivity contribution in [3.63, 3.8) is 0 Å². The smallest absolute Gasteiger partial charge is 0.298 e. The highest BCUT2D eigenvalue weighted by Crippen LogP contribution is 2.32. The van der Waals surface area contributed by atoms with E-state index in [2.05, 4.69) is 4.98 Å². The van der Waals surface area contributed by atoms with Gasteiger partial charge in [-0.15, -0.1) is 0 Å². The van der Waals surface area contributed by atoms with E-state index in [0.29, 0.717) is 12.4 Å². The van der Waals surface area contributed by atoms with E-state index in [-0.39, 0.29) is 6.29 Å². The lowest BCUT2D eigenvalue weighted by atomic mass is 10.1. The van der Waals surface area contributed by atoms with Crippen molar-refractivity contribution in [1.29, 1.82) is 0 Å². The molecule has 1 aromatic rings. The normalized spacial score (nSPS) is 11.4. The molecule has 2 nitrogen and oxygen atoms in total. The molecule has 0 saturated carbocycles. The van der Waals surface area contributed by atoms with Gasteiger partial charge in [-0.05, 0) is 0 Å². The van der Waals surface area contributed by atoms with Crippen molar-refractivity contribution < 1.29 is 22.4 Å². The number of rotatable bonds is 1. The minimum Gasteiger partial charge on any atom is -0.298 e. The van der Waals surface area contributed by atoms with Crippen LogP contribution in [-0.2, 0) is 6.18 Å². The standard InChI is InChI=1S/C7H3F4NO/c8-5-2-12-1-4(3-13)6(5)7(9,10)11/h1-3H. The summed E-state index contributed by atoms with van der Waals surface area (Å²) in [5.74, 6) is -1.54. The molecule has 0 amide bonds. The van der Waals surface area contributed by atoms with Crippen LogP contribution >= 0.6 is 0 Å². The van der Waals surface area contributed by atoms with Crippen LogP contribution in [0.1, 0.15) is 15.9 Å². The Labute approximate surface area is 70.2 Å². The Hall–Kier alpha value is -1.46. The predicted molar refractivity (Wildman–Crippen MR) is 34.6 cm³/mol. The number of carbonyl (C=O) groups is 1. The zero-order chi connectivity index (χ0) is 10.1. The van der Waals surface area contributed by atoms with E-state index in [1.54, 1.807) is 0 Å². The van der Waals surface area contributed by atoms with E-state index in [9.17, 15) is 22.4 Å². The Bertz CT molecular complexity index is 334. The van der Waals surface area contributed by atoms with E-state index in [4.69, 9.17) is 0 Å². The molecule has 0 spiro atoms. The van der Waals surface area contributed by atoms with Crippen LogP contribution < -0.4 is 0 Å². The largest absolute Gasteiger partial charge is 0.420 e. The average Bonchev–Trinajstić information content (AvgIpc) is 2.01. The number of aromatic nitrogens is 1. The maximum Gasteiger partial charge on any atom is 0.420 e. The fourth-order valence-electron chi connectivity index (χ4n) is 0.838. The zero-order valence-corrected chi connectivity index (χ0v) is 6.10. The van der Waals surface area contributed by atoms with E-state index in [1.165, 1.54) is 0 Å². The molecule has 1 aromatic heterocycles. The van der Waals surface area contributed by atoms with E-state index < -0.39 is 23.1 Å². The van der Waals surface area contributed by atoms with Crippen molar-refractivity contribution in [1.82, 2.24) is 4.98 Å². The second-order valence-electron chi connectivity index (χ2n) is 2.20. The monoisotopic (exact) mass is 193 g/mol. The quantitative estimate of drug-likeness (QED) is 0.504. The number of alkyl halides is 3. The van der Waals surface area contributed by atoms with Crippen LogP contribution in [0.4, 0.5) is 17.6 Å². The molecule has 0 atom stereocenters. The van der Waals surface area contributed by atoms with Crippen LogP contribution in [0.2, 0.25) is 0 Å². The number of nitrogens with zero attached hydrogens (tertiary/aromatic N) is 1. The van der Waals surface area contributed by atoms with Gasteiger partial charge in [-0.3, -0.25) is 9.78 Å². The molecule has 0 aliphatic carbocycles. The van der Waals surface area contributed by atoms with Gasteiger partial charge in [0.05, 0.1) is 6.20 Å². The van der Waals surface area contributed by atoms with Gasteiger partial charge in [-0.2, -0.15) is 13.2 Å². The molecule has 0 radical (unpaired) electrons. The number of hydrogen-bond acceptors (Lipinski definition) is 2. The van der Waals surface area contributed by atoms with Crippen molar-refractivity contribution in [3.8, 4) is 0 Å². The van der Waals surface area contributed by atoms with Crippen LogP contribution in [0.15, 0.2) is 12.4 Å². The van der Waals surface area contributed by atoms with Crippen LogP contribution in [0.3, 0.4) is 0 Å². The lowest BCUT2D eigenvalue weighted by molar-refractivity contribution is -0.140. The third kappa shape index (κ3) is 1.82. The highest BCUT2D eigenvalue weighted by molar-refractivity contribution is 5.77. The molecule has 13 heavy (non-hydrogen) atoms. The molecule has 0 aromatic carbocycles. The minimum absolute atomic E-state index is 0.0844. The van der Waals surface area contributed by atoms with Crippen LogP contribution in [0.5, 0.6) is 0 Å². The van der Waals surface area contributed by atoms with Crippen molar-refractivity contribution >= 4 is 6.29 Å². The van der Waals surface area contributed by atoms with Crippen LogP contribution in [-0.4, -0.2) is 11.3 Å². The van der Waals surface area contributed by atoms with Gasteiger partial charge in [-0.25, -0.2) is 4.39 Å². The highest BCUT2D eigenvalue weighted by atomic mass is 19.4. The number of hydrogen-bond donors (Lipinski definition) is 0. The SMILES string of the molecule is O=Cc1cncc(F)c1C(F)(F)F. The molecule has 1 rings (SSSR count). The first-order valence-electron chi connectivity index (χ1n) is 3.12. The maximum atomic E-state index is 12.6. The molecule has 0 aliphatic heterocycles. The van der Waals surface area contributed by atoms with Crippen LogP contribution in [0, 0.1) is 5.82 Å². The van der Waals surface area contributed by atoms with E-state index in [1.807, 2.05) is 0 Å². The highest BCUT2D eigenvalue weighted by Gasteiger charge is 2.36. The Morgan fingerprint density at radius 2 is 1.92 bits per heavy atom. The summed E-state index contributed by atoms with van der Waals surface area (Å²) in [6.07, 6.45) is -3.88. The fraction of sp³-hybridized carbons (Fsp3) is 0.143. The molecule has 70 valence electrons. The summed E-state index contributed by atoms with van der Waals surface area (Å²) in [4.78, 5) is 13.2. The Morgan fingerprint density at radius 3 is 2.31 bits per heavy atom. The molecule has 1 heterocycles. The van der Waals surface area contributed by atoms with Gasteiger partial charge in [-0.1, -0.05) is 0 Å². The summed E-state index contributed by atoms with van der Waals surface area (Å²) in [6.45, 7) is 0. The topological polar surface area (TPSA) is 30.0 Å². The third-order valence-corrected chi connectivity index (χ3v) is 1.34. The number of pyridine rings is 1. The van der Waals surface area contributed by atoms with Gasteiger partial charge < -0.3 is 0 Å². The number of carbonyl (C=O) groups excluding carboxylic acids is 1. The second kappa shape index (κ2) is 3.12. The lowest BCUT2D eigenvalue weighted by Gasteiger charge is -2.08. The average molecular weight is 193 g/mol. The first-order chi connectivity index (χ1) is 5.96. The number of aldehydes is 1. The van der Waals surface area contributed by atoms with Crippen LogP contribution in [0.25, 0.3) is 0 Å². The van der Waals surface area contributed by atoms with Gasteiger partial charge in [0.2, 0.25) is 0 Å². The fourth-order valence-corrected chi connectivity index (χ4v) is 0.838. The summed E-state index contributed by atoms with van der Waals surface area (Å²) in [7, 11) is 0. The molecular formula is C7H3F4NO. The second-order valence-corrected chi connectivity index (χ2v) is 2.20. The van der Waals surface area contributed by atoms with Gasteiger partial charge in [0, 0.05) is 11.8 Å². The number of halogens is 4. The Kier molecular flexibility index (Phi) is 2.31. The van der Waals surface area contributed by atoms with Gasteiger partial charge in [0.1, 0.15) is 5.56 Å². The molecule has 0 aliphatic rings.